The Labute approximate surface area is 173 Å². The highest BCUT2D eigenvalue weighted by Gasteiger charge is 2.11. The third-order valence-electron chi connectivity index (χ3n) is 4.26. The van der Waals surface area contributed by atoms with Crippen LogP contribution < -0.4 is 5.11 Å². The molecule has 1 heterocycles. The molecule has 0 spiro atoms. The number of nitro groups is 1. The summed E-state index contributed by atoms with van der Waals surface area (Å²) in [5.74, 6) is 0.137. The molecule has 0 atom stereocenters. The first-order chi connectivity index (χ1) is 13.9. The Hall–Kier alpha value is -3.52. The number of fused-ring (bicyclic) bond motifs is 1. The van der Waals surface area contributed by atoms with Crippen molar-refractivity contribution in [3.8, 4) is 17.2 Å². The second kappa shape index (κ2) is 7.48. The van der Waals surface area contributed by atoms with Crippen LogP contribution in [0.3, 0.4) is 0 Å². The molecule has 0 unspecified atom stereocenters. The number of aromatic nitrogens is 1. The van der Waals surface area contributed by atoms with Crippen LogP contribution in [0.2, 0.25) is 0 Å². The first-order valence-electron chi connectivity index (χ1n) is 8.57. The third-order valence-corrected chi connectivity index (χ3v) is 4.85. The highest BCUT2D eigenvalue weighted by atomic mass is 79.9. The normalized spacial score (nSPS) is 11.4. The highest BCUT2D eigenvalue weighted by Crippen LogP contribution is 2.31. The van der Waals surface area contributed by atoms with E-state index in [-0.39, 0.29) is 21.5 Å². The lowest BCUT2D eigenvalue weighted by Crippen LogP contribution is -1.99. The number of non-ortho nitro benzene ring substituents is 1. The van der Waals surface area contributed by atoms with Crippen molar-refractivity contribution in [2.45, 2.75) is 6.92 Å². The van der Waals surface area contributed by atoms with E-state index in [9.17, 15) is 15.2 Å². The van der Waals surface area contributed by atoms with Gasteiger partial charge in [-0.3, -0.25) is 15.1 Å². The molecule has 4 aromatic rings. The molecule has 0 aliphatic rings. The van der Waals surface area contributed by atoms with Gasteiger partial charge in [-0.2, -0.15) is 0 Å². The average Bonchev–Trinajstić information content (AvgIpc) is 3.12. The lowest BCUT2D eigenvalue weighted by atomic mass is 10.1. The van der Waals surface area contributed by atoms with Crippen molar-refractivity contribution in [1.82, 2.24) is 4.98 Å². The molecule has 0 fully saturated rings. The molecule has 0 N–H and O–H groups in total. The Morgan fingerprint density at radius 2 is 2.00 bits per heavy atom. The molecule has 29 heavy (non-hydrogen) atoms. The molecule has 1 aromatic heterocycles. The number of halogens is 1. The fourth-order valence-electron chi connectivity index (χ4n) is 2.84. The zero-order valence-corrected chi connectivity index (χ0v) is 16.7. The number of hydrogen-bond donors (Lipinski definition) is 0. The lowest BCUT2D eigenvalue weighted by Gasteiger charge is -2.12. The van der Waals surface area contributed by atoms with Crippen molar-refractivity contribution in [2.24, 2.45) is 4.99 Å². The highest BCUT2D eigenvalue weighted by molar-refractivity contribution is 9.10. The summed E-state index contributed by atoms with van der Waals surface area (Å²) < 4.78 is 5.92. The molecule has 0 bridgehead atoms. The predicted octanol–water partition coefficient (Wildman–Crippen LogP) is 5.30. The fourth-order valence-corrected chi connectivity index (χ4v) is 3.31. The molecule has 7 nitrogen and oxygen atoms in total. The lowest BCUT2D eigenvalue weighted by molar-refractivity contribution is -0.385. The Kier molecular flexibility index (Phi) is 4.85. The SMILES string of the molecule is Cc1cccc(-c2nc3cc(N=Cc4cc([N+](=O)[O-])cc(Br)c4[O-])ccc3o2)c1. The van der Waals surface area contributed by atoms with Gasteiger partial charge in [0.05, 0.1) is 10.6 Å². The van der Waals surface area contributed by atoms with E-state index in [4.69, 9.17) is 4.42 Å². The smallest absolute Gasteiger partial charge is 0.271 e. The van der Waals surface area contributed by atoms with Crippen LogP contribution in [-0.2, 0) is 0 Å². The summed E-state index contributed by atoms with van der Waals surface area (Å²) in [5.41, 5.74) is 3.69. The number of oxazole rings is 1. The maximum Gasteiger partial charge on any atom is 0.271 e. The molecule has 4 rings (SSSR count). The van der Waals surface area contributed by atoms with Crippen LogP contribution in [0.5, 0.6) is 5.75 Å². The maximum atomic E-state index is 12.2. The minimum atomic E-state index is -0.560. The average molecular weight is 451 g/mol. The maximum absolute atomic E-state index is 12.2. The van der Waals surface area contributed by atoms with E-state index in [0.717, 1.165) is 11.1 Å². The van der Waals surface area contributed by atoms with Crippen LogP contribution in [0, 0.1) is 17.0 Å². The molecule has 0 saturated heterocycles. The summed E-state index contributed by atoms with van der Waals surface area (Å²) in [5, 5.41) is 23.2. The number of nitro benzene ring substituents is 1. The second-order valence-electron chi connectivity index (χ2n) is 6.40. The van der Waals surface area contributed by atoms with Crippen LogP contribution in [0.1, 0.15) is 11.1 Å². The molecule has 0 amide bonds. The van der Waals surface area contributed by atoms with Crippen molar-refractivity contribution >= 4 is 44.6 Å². The molecule has 0 radical (unpaired) electrons. The van der Waals surface area contributed by atoms with Crippen molar-refractivity contribution in [3.05, 3.63) is 80.3 Å². The standard InChI is InChI=1S/C21H14BrN3O4/c1-12-3-2-4-13(7-12)21-24-18-9-15(5-6-19(18)29-21)23-11-14-8-16(25(27)28)10-17(22)20(14)26/h2-11,26H,1H3/p-1. The van der Waals surface area contributed by atoms with Crippen molar-refractivity contribution in [3.63, 3.8) is 0 Å². The van der Waals surface area contributed by atoms with Gasteiger partial charge in [0.25, 0.3) is 5.69 Å². The van der Waals surface area contributed by atoms with Gasteiger partial charge >= 0.3 is 0 Å². The number of nitrogens with zero attached hydrogens (tertiary/aromatic N) is 3. The van der Waals surface area contributed by atoms with Gasteiger partial charge in [0.2, 0.25) is 5.89 Å². The van der Waals surface area contributed by atoms with Crippen molar-refractivity contribution < 1.29 is 14.4 Å². The number of aryl methyl sites for hydroxylation is 1. The van der Waals surface area contributed by atoms with E-state index in [1.165, 1.54) is 18.3 Å². The van der Waals surface area contributed by atoms with Crippen LogP contribution in [0.25, 0.3) is 22.6 Å². The minimum Gasteiger partial charge on any atom is -0.871 e. The number of rotatable bonds is 4. The summed E-state index contributed by atoms with van der Waals surface area (Å²) in [6.07, 6.45) is 1.31. The van der Waals surface area contributed by atoms with Crippen molar-refractivity contribution in [1.29, 1.82) is 0 Å². The fraction of sp³-hybridized carbons (Fsp3) is 0.0476. The van der Waals surface area contributed by atoms with Crippen LogP contribution in [0.4, 0.5) is 11.4 Å². The zero-order valence-electron chi connectivity index (χ0n) is 15.1. The van der Waals surface area contributed by atoms with Gasteiger partial charge in [0, 0.05) is 28.4 Å². The summed E-state index contributed by atoms with van der Waals surface area (Å²) in [6.45, 7) is 2.00. The molecule has 144 valence electrons. The van der Waals surface area contributed by atoms with Gasteiger partial charge in [-0.15, -0.1) is 0 Å². The summed E-state index contributed by atoms with van der Waals surface area (Å²) in [4.78, 5) is 19.2. The Morgan fingerprint density at radius 3 is 2.76 bits per heavy atom. The second-order valence-corrected chi connectivity index (χ2v) is 7.26. The quantitative estimate of drug-likeness (QED) is 0.238. The van der Waals surface area contributed by atoms with E-state index in [1.54, 1.807) is 18.2 Å². The van der Waals surface area contributed by atoms with E-state index < -0.39 is 4.92 Å². The molecule has 0 saturated carbocycles. The van der Waals surface area contributed by atoms with Gasteiger partial charge in [-0.25, -0.2) is 4.98 Å². The Balaban J connectivity index is 1.68. The summed E-state index contributed by atoms with van der Waals surface area (Å²) in [7, 11) is 0. The largest absolute Gasteiger partial charge is 0.871 e. The first-order valence-corrected chi connectivity index (χ1v) is 9.36. The predicted molar refractivity (Wildman–Crippen MR) is 112 cm³/mol. The van der Waals surface area contributed by atoms with E-state index in [0.29, 0.717) is 22.7 Å². The number of aliphatic imine (C=N–C) groups is 1. The van der Waals surface area contributed by atoms with Crippen LogP contribution >= 0.6 is 15.9 Å². The van der Waals surface area contributed by atoms with Gasteiger partial charge in [-0.05, 0) is 42.8 Å². The molecular weight excluding hydrogens is 438 g/mol. The molecule has 8 heteroatoms. The van der Waals surface area contributed by atoms with Crippen LogP contribution in [-0.4, -0.2) is 16.1 Å². The van der Waals surface area contributed by atoms with E-state index in [2.05, 4.69) is 25.9 Å². The molecular formula is C21H13BrN3O4-. The third kappa shape index (κ3) is 3.88. The van der Waals surface area contributed by atoms with Crippen LogP contribution in [0.15, 0.2) is 68.5 Å². The first kappa shape index (κ1) is 18.8. The molecule has 0 aliphatic carbocycles. The molecule has 3 aromatic carbocycles. The van der Waals surface area contributed by atoms with E-state index >= 15 is 0 Å². The summed E-state index contributed by atoms with van der Waals surface area (Å²) in [6, 6.07) is 15.4. The zero-order chi connectivity index (χ0) is 20.5. The Morgan fingerprint density at radius 1 is 1.17 bits per heavy atom. The number of hydrogen-bond acceptors (Lipinski definition) is 6. The van der Waals surface area contributed by atoms with Gasteiger partial charge < -0.3 is 9.52 Å². The van der Waals surface area contributed by atoms with Gasteiger partial charge in [0.15, 0.2) is 5.58 Å². The van der Waals surface area contributed by atoms with Crippen molar-refractivity contribution in [2.75, 3.05) is 0 Å². The van der Waals surface area contributed by atoms with E-state index in [1.807, 2.05) is 31.2 Å². The Bertz CT molecular complexity index is 1280. The van der Waals surface area contributed by atoms with Gasteiger partial charge in [0.1, 0.15) is 5.52 Å². The monoisotopic (exact) mass is 450 g/mol. The van der Waals surface area contributed by atoms with Gasteiger partial charge in [-0.1, -0.05) is 39.4 Å². The topological polar surface area (TPSA) is 105 Å². The molecule has 0 aliphatic heterocycles. The number of benzene rings is 3. The summed E-state index contributed by atoms with van der Waals surface area (Å²) >= 11 is 3.05. The minimum absolute atomic E-state index is 0.114.